The third-order valence-electron chi connectivity index (χ3n) is 5.40. The Kier molecular flexibility index (Phi) is 6.73. The van der Waals surface area contributed by atoms with E-state index in [-0.39, 0.29) is 23.2 Å². The van der Waals surface area contributed by atoms with E-state index in [1.165, 1.54) is 0 Å². The maximum absolute atomic E-state index is 12.1. The van der Waals surface area contributed by atoms with Crippen molar-refractivity contribution in [2.45, 2.75) is 19.0 Å². The van der Waals surface area contributed by atoms with E-state index in [2.05, 4.69) is 47.9 Å². The summed E-state index contributed by atoms with van der Waals surface area (Å²) in [4.78, 5) is 24.1. The minimum absolute atomic E-state index is 0.0533. The molecule has 1 heterocycles. The van der Waals surface area contributed by atoms with Crippen molar-refractivity contribution in [2.24, 2.45) is 0 Å². The number of rotatable bonds is 7. The minimum atomic E-state index is -0.356. The summed E-state index contributed by atoms with van der Waals surface area (Å²) in [6, 6.07) is 26.1. The number of methoxy groups -OCH3 is 1. The van der Waals surface area contributed by atoms with Crippen molar-refractivity contribution in [3.63, 3.8) is 0 Å². The zero-order valence-corrected chi connectivity index (χ0v) is 18.7. The highest BCUT2D eigenvalue weighted by atomic mass is 32.2. The van der Waals surface area contributed by atoms with Crippen LogP contribution in [0.4, 0.5) is 4.79 Å². The SMILES string of the molecule is COc1ccc(C(C)NC(c2ccccc2)c2ccccc2/C=C2/SC(=O)NC2=O)cc1. The molecule has 2 N–H and O–H groups in total. The second kappa shape index (κ2) is 9.85. The molecular weight excluding hydrogens is 420 g/mol. The summed E-state index contributed by atoms with van der Waals surface area (Å²) in [5.74, 6) is 0.463. The molecule has 6 heteroatoms. The van der Waals surface area contributed by atoms with Crippen molar-refractivity contribution >= 4 is 29.0 Å². The normalized spacial score (nSPS) is 16.6. The first-order valence-corrected chi connectivity index (χ1v) is 11.2. The van der Waals surface area contributed by atoms with Gasteiger partial charge in [-0.2, -0.15) is 0 Å². The first-order chi connectivity index (χ1) is 15.5. The maximum atomic E-state index is 12.1. The van der Waals surface area contributed by atoms with Crippen LogP contribution in [-0.2, 0) is 4.79 Å². The summed E-state index contributed by atoms with van der Waals surface area (Å²) >= 11 is 0.928. The van der Waals surface area contributed by atoms with Gasteiger partial charge in [0.05, 0.1) is 18.1 Å². The number of thioether (sulfide) groups is 1. The Bertz CT molecular complexity index is 1140. The molecule has 0 saturated carbocycles. The molecule has 0 aromatic heterocycles. The monoisotopic (exact) mass is 444 g/mol. The number of carbonyl (C=O) groups is 2. The molecule has 2 unspecified atom stereocenters. The second-order valence-corrected chi connectivity index (χ2v) is 8.50. The van der Waals surface area contributed by atoms with Gasteiger partial charge < -0.3 is 4.74 Å². The molecule has 0 aliphatic carbocycles. The first kappa shape index (κ1) is 21.9. The van der Waals surface area contributed by atoms with E-state index >= 15 is 0 Å². The average molecular weight is 445 g/mol. The Morgan fingerprint density at radius 1 is 0.906 bits per heavy atom. The molecule has 0 spiro atoms. The van der Waals surface area contributed by atoms with Crippen molar-refractivity contribution in [1.29, 1.82) is 0 Å². The van der Waals surface area contributed by atoms with Gasteiger partial charge in [-0.05, 0) is 59.1 Å². The topological polar surface area (TPSA) is 67.4 Å². The molecule has 2 atom stereocenters. The summed E-state index contributed by atoms with van der Waals surface area (Å²) < 4.78 is 5.28. The van der Waals surface area contributed by atoms with Crippen LogP contribution in [0.5, 0.6) is 5.75 Å². The summed E-state index contributed by atoms with van der Waals surface area (Å²) in [7, 11) is 1.66. The highest BCUT2D eigenvalue weighted by Gasteiger charge is 2.26. The van der Waals surface area contributed by atoms with Crippen molar-refractivity contribution < 1.29 is 14.3 Å². The van der Waals surface area contributed by atoms with E-state index in [9.17, 15) is 9.59 Å². The van der Waals surface area contributed by atoms with E-state index in [4.69, 9.17) is 4.74 Å². The number of hydrogen-bond donors (Lipinski definition) is 2. The lowest BCUT2D eigenvalue weighted by molar-refractivity contribution is -0.115. The molecule has 1 aliphatic heterocycles. The van der Waals surface area contributed by atoms with Gasteiger partial charge in [0.15, 0.2) is 0 Å². The van der Waals surface area contributed by atoms with Crippen LogP contribution in [-0.4, -0.2) is 18.3 Å². The quantitative estimate of drug-likeness (QED) is 0.474. The second-order valence-electron chi connectivity index (χ2n) is 7.49. The summed E-state index contributed by atoms with van der Waals surface area (Å²) in [5.41, 5.74) is 4.17. The van der Waals surface area contributed by atoms with Crippen LogP contribution in [0.2, 0.25) is 0 Å². The Balaban J connectivity index is 1.71. The molecule has 0 radical (unpaired) electrons. The van der Waals surface area contributed by atoms with Gasteiger partial charge in [-0.1, -0.05) is 66.7 Å². The Morgan fingerprint density at radius 3 is 2.25 bits per heavy atom. The Morgan fingerprint density at radius 2 is 1.59 bits per heavy atom. The molecule has 162 valence electrons. The molecule has 3 aromatic carbocycles. The van der Waals surface area contributed by atoms with Gasteiger partial charge in [-0.15, -0.1) is 0 Å². The molecule has 5 nitrogen and oxygen atoms in total. The summed E-state index contributed by atoms with van der Waals surface area (Å²) in [6.07, 6.45) is 1.79. The van der Waals surface area contributed by atoms with Crippen molar-refractivity contribution in [3.05, 3.63) is 106 Å². The number of carbonyl (C=O) groups excluding carboxylic acids is 2. The standard InChI is InChI=1S/C26H24N2O3S/c1-17(18-12-14-21(31-2)15-13-18)27-24(19-8-4-3-5-9-19)22-11-7-6-10-20(22)16-23-25(29)28-26(30)32-23/h3-17,24,27H,1-2H3,(H,28,29,30)/b23-16+. The van der Waals surface area contributed by atoms with E-state index in [0.29, 0.717) is 4.91 Å². The van der Waals surface area contributed by atoms with Gasteiger partial charge in [0.2, 0.25) is 0 Å². The van der Waals surface area contributed by atoms with Crippen molar-refractivity contribution in [3.8, 4) is 5.75 Å². The van der Waals surface area contributed by atoms with Crippen LogP contribution in [0.15, 0.2) is 83.8 Å². The largest absolute Gasteiger partial charge is 0.497 e. The third-order valence-corrected chi connectivity index (χ3v) is 6.21. The van der Waals surface area contributed by atoms with Gasteiger partial charge in [-0.3, -0.25) is 20.2 Å². The number of ether oxygens (including phenoxy) is 1. The number of benzene rings is 3. The third kappa shape index (κ3) is 4.93. The smallest absolute Gasteiger partial charge is 0.290 e. The maximum Gasteiger partial charge on any atom is 0.290 e. The van der Waals surface area contributed by atoms with E-state index in [0.717, 1.165) is 39.8 Å². The van der Waals surface area contributed by atoms with Gasteiger partial charge in [0.25, 0.3) is 11.1 Å². The van der Waals surface area contributed by atoms with Gasteiger partial charge >= 0.3 is 0 Å². The molecule has 2 amide bonds. The lowest BCUT2D eigenvalue weighted by atomic mass is 9.92. The fourth-order valence-corrected chi connectivity index (χ4v) is 4.39. The Hall–Kier alpha value is -3.35. The molecular formula is C26H24N2O3S. The lowest BCUT2D eigenvalue weighted by Crippen LogP contribution is -2.26. The number of hydrogen-bond acceptors (Lipinski definition) is 5. The van der Waals surface area contributed by atoms with Gasteiger partial charge in [0.1, 0.15) is 5.75 Å². The molecule has 32 heavy (non-hydrogen) atoms. The van der Waals surface area contributed by atoms with E-state index < -0.39 is 0 Å². The molecule has 1 aliphatic rings. The predicted molar refractivity (Wildman–Crippen MR) is 128 cm³/mol. The van der Waals surface area contributed by atoms with Crippen LogP contribution in [0.1, 0.15) is 41.3 Å². The van der Waals surface area contributed by atoms with Crippen LogP contribution < -0.4 is 15.4 Å². The van der Waals surface area contributed by atoms with Crippen LogP contribution >= 0.6 is 11.8 Å². The number of imide groups is 1. The minimum Gasteiger partial charge on any atom is -0.497 e. The zero-order chi connectivity index (χ0) is 22.5. The predicted octanol–water partition coefficient (Wildman–Crippen LogP) is 5.46. The molecule has 1 fully saturated rings. The molecule has 1 saturated heterocycles. The number of amides is 2. The molecule has 3 aromatic rings. The Labute approximate surface area is 191 Å². The highest BCUT2D eigenvalue weighted by Crippen LogP contribution is 2.32. The highest BCUT2D eigenvalue weighted by molar-refractivity contribution is 8.18. The van der Waals surface area contributed by atoms with Gasteiger partial charge in [-0.25, -0.2) is 0 Å². The van der Waals surface area contributed by atoms with Crippen LogP contribution in [0.25, 0.3) is 6.08 Å². The fraction of sp³-hybridized carbons (Fsp3) is 0.154. The summed E-state index contributed by atoms with van der Waals surface area (Å²) in [6.45, 7) is 2.12. The molecule has 0 bridgehead atoms. The van der Waals surface area contributed by atoms with Crippen LogP contribution in [0.3, 0.4) is 0 Å². The zero-order valence-electron chi connectivity index (χ0n) is 17.9. The first-order valence-electron chi connectivity index (χ1n) is 10.3. The summed E-state index contributed by atoms with van der Waals surface area (Å²) in [5, 5.41) is 5.72. The molecule has 4 rings (SSSR count). The van der Waals surface area contributed by atoms with Crippen molar-refractivity contribution in [2.75, 3.05) is 7.11 Å². The van der Waals surface area contributed by atoms with Crippen molar-refractivity contribution in [1.82, 2.24) is 10.6 Å². The lowest BCUT2D eigenvalue weighted by Gasteiger charge is -2.26. The number of nitrogens with one attached hydrogen (secondary N) is 2. The fourth-order valence-electron chi connectivity index (χ4n) is 3.72. The van der Waals surface area contributed by atoms with E-state index in [1.807, 2.05) is 48.5 Å². The average Bonchev–Trinajstić information content (AvgIpc) is 3.14. The van der Waals surface area contributed by atoms with Gasteiger partial charge in [0, 0.05) is 6.04 Å². The van der Waals surface area contributed by atoms with Crippen LogP contribution in [0, 0.1) is 0 Å². The van der Waals surface area contributed by atoms with E-state index in [1.54, 1.807) is 13.2 Å².